The average Bonchev–Trinajstić information content (AvgIpc) is 2.75. The number of rotatable bonds is 6. The van der Waals surface area contributed by atoms with Gasteiger partial charge < -0.3 is 24.1 Å². The quantitative estimate of drug-likeness (QED) is 0.798. The van der Waals surface area contributed by atoms with Crippen LogP contribution in [0.4, 0.5) is 0 Å². The highest BCUT2D eigenvalue weighted by molar-refractivity contribution is 7.99. The number of aliphatic hydroxyl groups is 1. The SMILES string of the molecule is CCS[C@@H]1O[C@@H]2CO[C@@H](c3ccccc3)O[C@H]2[C@H](O)[C@H]1OCc1ccccc1. The fourth-order valence-electron chi connectivity index (χ4n) is 3.59. The van der Waals surface area contributed by atoms with Crippen molar-refractivity contribution in [3.05, 3.63) is 71.8 Å². The minimum absolute atomic E-state index is 0.259. The van der Waals surface area contributed by atoms with Gasteiger partial charge in [0.1, 0.15) is 29.9 Å². The summed E-state index contributed by atoms with van der Waals surface area (Å²) >= 11 is 1.63. The van der Waals surface area contributed by atoms with Crippen molar-refractivity contribution in [1.29, 1.82) is 0 Å². The molecular formula is C22H26O5S. The van der Waals surface area contributed by atoms with Crippen LogP contribution in [-0.4, -0.2) is 47.3 Å². The van der Waals surface area contributed by atoms with Crippen molar-refractivity contribution in [2.75, 3.05) is 12.4 Å². The summed E-state index contributed by atoms with van der Waals surface area (Å²) in [6.07, 6.45) is -2.57. The van der Waals surface area contributed by atoms with Crippen LogP contribution in [0.2, 0.25) is 0 Å². The van der Waals surface area contributed by atoms with E-state index in [1.54, 1.807) is 11.8 Å². The van der Waals surface area contributed by atoms with Gasteiger partial charge in [0, 0.05) is 5.56 Å². The van der Waals surface area contributed by atoms with Crippen LogP contribution in [-0.2, 0) is 25.6 Å². The molecule has 2 fully saturated rings. The second-order valence-corrected chi connectivity index (χ2v) is 8.30. The van der Waals surface area contributed by atoms with Crippen LogP contribution in [0.25, 0.3) is 0 Å². The topological polar surface area (TPSA) is 57.2 Å². The van der Waals surface area contributed by atoms with E-state index in [0.717, 1.165) is 16.9 Å². The molecule has 2 aliphatic rings. The standard InChI is InChI=1S/C22H26O5S/c1-2-28-22-20(24-13-15-9-5-3-6-10-15)18(23)19-17(26-22)14-25-21(27-19)16-11-7-4-8-12-16/h3-12,17-23H,2,13-14H2,1H3/t17-,18+,19-,20-,21-,22+/m1/s1. The van der Waals surface area contributed by atoms with Gasteiger partial charge in [-0.2, -0.15) is 0 Å². The zero-order valence-electron chi connectivity index (χ0n) is 15.8. The second-order valence-electron chi connectivity index (χ2n) is 6.93. The minimum Gasteiger partial charge on any atom is -0.387 e. The summed E-state index contributed by atoms with van der Waals surface area (Å²) in [5.41, 5.74) is 1.73. The van der Waals surface area contributed by atoms with Crippen LogP contribution in [0.15, 0.2) is 60.7 Å². The van der Waals surface area contributed by atoms with Crippen molar-refractivity contribution in [2.45, 2.75) is 49.7 Å². The Balaban J connectivity index is 1.47. The zero-order chi connectivity index (χ0) is 19.3. The maximum Gasteiger partial charge on any atom is 0.184 e. The number of benzene rings is 2. The van der Waals surface area contributed by atoms with Gasteiger partial charge in [-0.15, -0.1) is 11.8 Å². The van der Waals surface area contributed by atoms with E-state index >= 15 is 0 Å². The number of hydrogen-bond donors (Lipinski definition) is 1. The third-order valence-corrected chi connectivity index (χ3v) is 6.04. The third kappa shape index (κ3) is 4.43. The van der Waals surface area contributed by atoms with Crippen molar-refractivity contribution >= 4 is 11.8 Å². The molecule has 0 bridgehead atoms. The first-order valence-electron chi connectivity index (χ1n) is 9.69. The Bertz CT molecular complexity index is 728. The Kier molecular flexibility index (Phi) is 6.67. The van der Waals surface area contributed by atoms with Gasteiger partial charge in [-0.25, -0.2) is 0 Å². The number of hydrogen-bond acceptors (Lipinski definition) is 6. The lowest BCUT2D eigenvalue weighted by molar-refractivity contribution is -0.322. The highest BCUT2D eigenvalue weighted by Crippen LogP contribution is 2.38. The number of thioether (sulfide) groups is 1. The van der Waals surface area contributed by atoms with Crippen LogP contribution in [0, 0.1) is 0 Å². The van der Waals surface area contributed by atoms with Gasteiger partial charge in [-0.3, -0.25) is 0 Å². The van der Waals surface area contributed by atoms with E-state index in [-0.39, 0.29) is 11.5 Å². The molecule has 0 spiro atoms. The first-order valence-corrected chi connectivity index (χ1v) is 10.7. The lowest BCUT2D eigenvalue weighted by atomic mass is 9.98. The monoisotopic (exact) mass is 402 g/mol. The third-order valence-electron chi connectivity index (χ3n) is 5.00. The summed E-state index contributed by atoms with van der Waals surface area (Å²) in [7, 11) is 0. The molecule has 0 aliphatic carbocycles. The van der Waals surface area contributed by atoms with Crippen LogP contribution in [0.1, 0.15) is 24.3 Å². The molecule has 5 nitrogen and oxygen atoms in total. The molecule has 0 saturated carbocycles. The molecule has 2 heterocycles. The van der Waals surface area contributed by atoms with Crippen molar-refractivity contribution < 1.29 is 24.1 Å². The zero-order valence-corrected chi connectivity index (χ0v) is 16.7. The molecular weight excluding hydrogens is 376 g/mol. The van der Waals surface area contributed by atoms with Gasteiger partial charge in [0.2, 0.25) is 0 Å². The fraction of sp³-hybridized carbons (Fsp3) is 0.455. The summed E-state index contributed by atoms with van der Waals surface area (Å²) in [6, 6.07) is 19.7. The molecule has 0 unspecified atom stereocenters. The van der Waals surface area contributed by atoms with E-state index in [2.05, 4.69) is 6.92 Å². The van der Waals surface area contributed by atoms with Gasteiger partial charge >= 0.3 is 0 Å². The molecule has 2 saturated heterocycles. The van der Waals surface area contributed by atoms with Crippen molar-refractivity contribution in [2.24, 2.45) is 0 Å². The van der Waals surface area contributed by atoms with Crippen molar-refractivity contribution in [3.63, 3.8) is 0 Å². The van der Waals surface area contributed by atoms with E-state index in [0.29, 0.717) is 13.2 Å². The second kappa shape index (κ2) is 9.39. The van der Waals surface area contributed by atoms with Gasteiger partial charge in [0.25, 0.3) is 0 Å². The summed E-state index contributed by atoms with van der Waals surface area (Å²) in [4.78, 5) is 0. The lowest BCUT2D eigenvalue weighted by Gasteiger charge is -2.47. The Morgan fingerprint density at radius 3 is 2.46 bits per heavy atom. The first kappa shape index (κ1) is 19.9. The van der Waals surface area contributed by atoms with Gasteiger partial charge in [-0.05, 0) is 11.3 Å². The molecule has 0 aromatic heterocycles. The normalized spacial score (nSPS) is 32.6. The Hall–Kier alpha value is -1.41. The minimum atomic E-state index is -0.790. The molecule has 2 aliphatic heterocycles. The highest BCUT2D eigenvalue weighted by Gasteiger charge is 2.49. The largest absolute Gasteiger partial charge is 0.387 e. The highest BCUT2D eigenvalue weighted by atomic mass is 32.2. The Labute approximate surface area is 169 Å². The Morgan fingerprint density at radius 1 is 1.04 bits per heavy atom. The Morgan fingerprint density at radius 2 is 1.75 bits per heavy atom. The fourth-order valence-corrected chi connectivity index (χ4v) is 4.57. The van der Waals surface area contributed by atoms with Crippen molar-refractivity contribution in [1.82, 2.24) is 0 Å². The molecule has 2 aromatic rings. The summed E-state index contributed by atoms with van der Waals surface area (Å²) in [5, 5.41) is 11.1. The van der Waals surface area contributed by atoms with Crippen LogP contribution in [0.3, 0.4) is 0 Å². The average molecular weight is 403 g/mol. The van der Waals surface area contributed by atoms with Gasteiger partial charge in [-0.1, -0.05) is 67.6 Å². The number of ether oxygens (including phenoxy) is 4. The summed E-state index contributed by atoms with van der Waals surface area (Å²) < 4.78 is 24.3. The number of aliphatic hydroxyl groups excluding tert-OH is 1. The molecule has 4 rings (SSSR count). The predicted octanol–water partition coefficient (Wildman–Crippen LogP) is 3.52. The molecule has 6 atom stereocenters. The van der Waals surface area contributed by atoms with E-state index in [4.69, 9.17) is 18.9 Å². The van der Waals surface area contributed by atoms with E-state index in [1.165, 1.54) is 0 Å². The first-order chi connectivity index (χ1) is 13.8. The van der Waals surface area contributed by atoms with Crippen LogP contribution in [0.5, 0.6) is 0 Å². The van der Waals surface area contributed by atoms with Crippen molar-refractivity contribution in [3.8, 4) is 0 Å². The summed E-state index contributed by atoms with van der Waals surface area (Å²) in [5.74, 6) is 0.869. The molecule has 0 amide bonds. The predicted molar refractivity (Wildman–Crippen MR) is 108 cm³/mol. The van der Waals surface area contributed by atoms with Gasteiger partial charge in [0.15, 0.2) is 6.29 Å². The van der Waals surface area contributed by atoms with E-state index in [1.807, 2.05) is 60.7 Å². The molecule has 6 heteroatoms. The van der Waals surface area contributed by atoms with Gasteiger partial charge in [0.05, 0.1) is 13.2 Å². The smallest absolute Gasteiger partial charge is 0.184 e. The molecule has 150 valence electrons. The molecule has 1 N–H and O–H groups in total. The maximum absolute atomic E-state index is 11.1. The molecule has 0 radical (unpaired) electrons. The lowest BCUT2D eigenvalue weighted by Crippen LogP contribution is -2.61. The maximum atomic E-state index is 11.1. The van der Waals surface area contributed by atoms with Crippen LogP contribution >= 0.6 is 11.8 Å². The van der Waals surface area contributed by atoms with E-state index < -0.39 is 24.6 Å². The molecule has 28 heavy (non-hydrogen) atoms. The number of fused-ring (bicyclic) bond motifs is 1. The summed E-state index contributed by atoms with van der Waals surface area (Å²) in [6.45, 7) is 2.87. The van der Waals surface area contributed by atoms with E-state index in [9.17, 15) is 5.11 Å². The van der Waals surface area contributed by atoms with Crippen LogP contribution < -0.4 is 0 Å². The molecule has 2 aromatic carbocycles.